The number of thioether (sulfide) groups is 2. The molecule has 0 atom stereocenters. The summed E-state index contributed by atoms with van der Waals surface area (Å²) in [5.74, 6) is 6.40. The van der Waals surface area contributed by atoms with Crippen LogP contribution in [0.15, 0.2) is 24.8 Å². The lowest BCUT2D eigenvalue weighted by atomic mass is 10.4. The van der Waals surface area contributed by atoms with Crippen LogP contribution in [0.4, 0.5) is 0 Å². The lowest BCUT2D eigenvalue weighted by Gasteiger charge is -2.12. The van der Waals surface area contributed by atoms with Gasteiger partial charge < -0.3 is 30.4 Å². The van der Waals surface area contributed by atoms with E-state index < -0.39 is 0 Å². The molecule has 31 heavy (non-hydrogen) atoms. The fourth-order valence-electron chi connectivity index (χ4n) is 2.53. The summed E-state index contributed by atoms with van der Waals surface area (Å²) < 4.78 is 4.05. The first kappa shape index (κ1) is 24.9. The minimum atomic E-state index is 0.343. The van der Waals surface area contributed by atoms with Crippen LogP contribution in [0.1, 0.15) is 18.1 Å². The van der Waals surface area contributed by atoms with Crippen molar-refractivity contribution in [2.75, 3.05) is 37.7 Å². The lowest BCUT2D eigenvalue weighted by molar-refractivity contribution is 0.710. The van der Waals surface area contributed by atoms with Gasteiger partial charge in [0.1, 0.15) is 11.6 Å². The molecule has 0 aliphatic carbocycles. The summed E-state index contributed by atoms with van der Waals surface area (Å²) in [5.41, 5.74) is 0. The van der Waals surface area contributed by atoms with Crippen LogP contribution in [0.25, 0.3) is 0 Å². The average molecular weight is 467 g/mol. The molecule has 0 fully saturated rings. The molecular formula is C19H34N10S2. The van der Waals surface area contributed by atoms with E-state index in [1.54, 1.807) is 23.5 Å². The fourth-order valence-corrected chi connectivity index (χ4v) is 4.24. The third-order valence-corrected chi connectivity index (χ3v) is 6.27. The molecule has 0 spiro atoms. The van der Waals surface area contributed by atoms with Crippen molar-refractivity contribution in [3.63, 3.8) is 0 Å². The number of nitrogens with one attached hydrogen (secondary N) is 6. The van der Waals surface area contributed by atoms with E-state index in [0.717, 1.165) is 54.2 Å². The molecule has 6 N–H and O–H groups in total. The van der Waals surface area contributed by atoms with Crippen molar-refractivity contribution in [2.24, 2.45) is 14.1 Å². The third kappa shape index (κ3) is 10.5. The van der Waals surface area contributed by atoms with E-state index in [-0.39, 0.29) is 0 Å². The second-order valence-electron chi connectivity index (χ2n) is 6.82. The Morgan fingerprint density at radius 2 is 1.19 bits per heavy atom. The second kappa shape index (κ2) is 14.6. The van der Waals surface area contributed by atoms with Crippen LogP contribution in [0.3, 0.4) is 0 Å². The average Bonchev–Trinajstić information content (AvgIpc) is 3.35. The number of hydrogen-bond donors (Lipinski definition) is 6. The van der Waals surface area contributed by atoms with Crippen LogP contribution in [-0.2, 0) is 25.6 Å². The van der Waals surface area contributed by atoms with Crippen molar-refractivity contribution in [3.05, 3.63) is 36.4 Å². The van der Waals surface area contributed by atoms with E-state index in [2.05, 4.69) is 31.2 Å². The molecule has 0 unspecified atom stereocenters. The molecule has 2 aromatic rings. The fraction of sp³-hybridized carbons (Fsp3) is 0.579. The molecule has 0 saturated carbocycles. The molecule has 12 heteroatoms. The number of guanidine groups is 2. The molecule has 0 saturated heterocycles. The monoisotopic (exact) mass is 466 g/mol. The summed E-state index contributed by atoms with van der Waals surface area (Å²) in [5, 5.41) is 28.0. The first-order valence-corrected chi connectivity index (χ1v) is 12.6. The Bertz CT molecular complexity index is 724. The van der Waals surface area contributed by atoms with Crippen LogP contribution < -0.4 is 21.3 Å². The maximum atomic E-state index is 7.88. The Labute approximate surface area is 192 Å². The highest BCUT2D eigenvalue weighted by atomic mass is 32.2. The molecule has 172 valence electrons. The highest BCUT2D eigenvalue weighted by molar-refractivity contribution is 7.98. The Morgan fingerprint density at radius 1 is 0.774 bits per heavy atom. The minimum absolute atomic E-state index is 0.343. The highest BCUT2D eigenvalue weighted by Gasteiger charge is 2.01. The van der Waals surface area contributed by atoms with Crippen LogP contribution in [-0.4, -0.2) is 68.7 Å². The SMILES string of the molecule is Cn1ccnc1CSCCNC(=N)NCCCNC(=N)NCCSCc1nccn1C. The maximum absolute atomic E-state index is 7.88. The van der Waals surface area contributed by atoms with Gasteiger partial charge in [0.05, 0.1) is 11.5 Å². The number of rotatable bonds is 14. The van der Waals surface area contributed by atoms with Gasteiger partial charge in [-0.2, -0.15) is 23.5 Å². The second-order valence-corrected chi connectivity index (χ2v) is 9.03. The largest absolute Gasteiger partial charge is 0.357 e. The zero-order chi connectivity index (χ0) is 22.3. The summed E-state index contributed by atoms with van der Waals surface area (Å²) in [4.78, 5) is 8.59. The van der Waals surface area contributed by atoms with Crippen molar-refractivity contribution >= 4 is 35.4 Å². The molecular weight excluding hydrogens is 432 g/mol. The normalized spacial score (nSPS) is 10.6. The van der Waals surface area contributed by atoms with Crippen molar-refractivity contribution in [2.45, 2.75) is 17.9 Å². The summed E-state index contributed by atoms with van der Waals surface area (Å²) in [6.07, 6.45) is 8.35. The van der Waals surface area contributed by atoms with Crippen molar-refractivity contribution < 1.29 is 0 Å². The number of nitrogens with zero attached hydrogens (tertiary/aromatic N) is 4. The van der Waals surface area contributed by atoms with Gasteiger partial charge in [0.2, 0.25) is 0 Å². The van der Waals surface area contributed by atoms with Gasteiger partial charge >= 0.3 is 0 Å². The van der Waals surface area contributed by atoms with E-state index >= 15 is 0 Å². The van der Waals surface area contributed by atoms with Crippen molar-refractivity contribution in [3.8, 4) is 0 Å². The standard InChI is InChI=1S/C19H34N10S2/c1-28-10-6-22-16(28)14-30-12-8-26-18(20)24-4-3-5-25-19(21)27-9-13-31-15-17-23-7-11-29(17)2/h6-7,10-11H,3-5,8-9,12-15H2,1-2H3,(H3,20,24,26)(H3,21,25,27). The summed E-state index contributed by atoms with van der Waals surface area (Å²) in [6.45, 7) is 2.86. The Kier molecular flexibility index (Phi) is 11.8. The molecule has 2 rings (SSSR count). The Balaban J connectivity index is 1.36. The predicted octanol–water partition coefficient (Wildman–Crippen LogP) is 0.938. The van der Waals surface area contributed by atoms with Crippen LogP contribution in [0.5, 0.6) is 0 Å². The molecule has 10 nitrogen and oxygen atoms in total. The zero-order valence-corrected chi connectivity index (χ0v) is 19.9. The van der Waals surface area contributed by atoms with Gasteiger partial charge in [0, 0.05) is 76.6 Å². The number of hydrogen-bond acceptors (Lipinski definition) is 6. The van der Waals surface area contributed by atoms with Gasteiger partial charge in [-0.05, 0) is 6.42 Å². The van der Waals surface area contributed by atoms with E-state index in [1.165, 1.54) is 0 Å². The Morgan fingerprint density at radius 3 is 1.58 bits per heavy atom. The number of imidazole rings is 2. The van der Waals surface area contributed by atoms with E-state index in [9.17, 15) is 0 Å². The van der Waals surface area contributed by atoms with Gasteiger partial charge in [0.15, 0.2) is 11.9 Å². The smallest absolute Gasteiger partial charge is 0.188 e. The van der Waals surface area contributed by atoms with Gasteiger partial charge in [-0.25, -0.2) is 9.97 Å². The van der Waals surface area contributed by atoms with Crippen molar-refractivity contribution in [1.29, 1.82) is 10.8 Å². The molecule has 0 amide bonds. The zero-order valence-electron chi connectivity index (χ0n) is 18.3. The lowest BCUT2D eigenvalue weighted by Crippen LogP contribution is -2.40. The minimum Gasteiger partial charge on any atom is -0.357 e. The van der Waals surface area contributed by atoms with Crippen LogP contribution in [0.2, 0.25) is 0 Å². The molecule has 0 radical (unpaired) electrons. The van der Waals surface area contributed by atoms with Crippen molar-refractivity contribution in [1.82, 2.24) is 40.4 Å². The summed E-state index contributed by atoms with van der Waals surface area (Å²) >= 11 is 3.59. The maximum Gasteiger partial charge on any atom is 0.188 e. The molecule has 0 aromatic carbocycles. The molecule has 0 aliphatic rings. The summed E-state index contributed by atoms with van der Waals surface area (Å²) in [6, 6.07) is 0. The predicted molar refractivity (Wildman–Crippen MR) is 131 cm³/mol. The van der Waals surface area contributed by atoms with Gasteiger partial charge in [-0.3, -0.25) is 10.8 Å². The molecule has 0 bridgehead atoms. The topological polar surface area (TPSA) is 131 Å². The summed E-state index contributed by atoms with van der Waals surface area (Å²) in [7, 11) is 3.99. The van der Waals surface area contributed by atoms with Crippen LogP contribution >= 0.6 is 23.5 Å². The van der Waals surface area contributed by atoms with Gasteiger partial charge in [-0.15, -0.1) is 0 Å². The third-order valence-electron chi connectivity index (χ3n) is 4.36. The molecule has 0 aliphatic heterocycles. The first-order valence-electron chi connectivity index (χ1n) is 10.3. The van der Waals surface area contributed by atoms with E-state index in [4.69, 9.17) is 10.8 Å². The van der Waals surface area contributed by atoms with E-state index in [1.807, 2.05) is 48.0 Å². The highest BCUT2D eigenvalue weighted by Crippen LogP contribution is 2.09. The van der Waals surface area contributed by atoms with Gasteiger partial charge in [-0.1, -0.05) is 0 Å². The molecule has 2 heterocycles. The quantitative estimate of drug-likeness (QED) is 0.138. The Hall–Kier alpha value is -2.34. The van der Waals surface area contributed by atoms with Gasteiger partial charge in [0.25, 0.3) is 0 Å². The first-order chi connectivity index (χ1) is 15.1. The van der Waals surface area contributed by atoms with Crippen LogP contribution in [0, 0.1) is 10.8 Å². The molecule has 2 aromatic heterocycles. The number of aromatic nitrogens is 4. The number of aryl methyl sites for hydroxylation is 2. The van der Waals surface area contributed by atoms with E-state index in [0.29, 0.717) is 25.0 Å².